The van der Waals surface area contributed by atoms with Crippen molar-refractivity contribution >= 4 is 28.4 Å². The van der Waals surface area contributed by atoms with Crippen LogP contribution >= 0.6 is 11.8 Å². The van der Waals surface area contributed by atoms with Crippen LogP contribution in [0.25, 0.3) is 10.8 Å². The van der Waals surface area contributed by atoms with E-state index in [1.807, 2.05) is 38.1 Å². The summed E-state index contributed by atoms with van der Waals surface area (Å²) in [5, 5.41) is 33.7. The number of phenols is 1. The zero-order valence-corrected chi connectivity index (χ0v) is 19.8. The second kappa shape index (κ2) is 11.9. The number of carbonyl (C=O) groups excluding carboxylic acids is 1. The largest absolute Gasteiger partial charge is 0.506 e. The molecular weight excluding hydrogens is 438 g/mol. The molecule has 33 heavy (non-hydrogen) atoms. The summed E-state index contributed by atoms with van der Waals surface area (Å²) in [6.07, 6.45) is 0.679. The first kappa shape index (κ1) is 24.9. The fraction of sp³-hybridized carbons (Fsp3) is 0.346. The molecule has 3 rings (SSSR count). The van der Waals surface area contributed by atoms with Crippen LogP contribution in [0.15, 0.2) is 53.4 Å². The fourth-order valence-electron chi connectivity index (χ4n) is 3.53. The molecular formula is C26H31NO5S. The summed E-state index contributed by atoms with van der Waals surface area (Å²) in [5.41, 5.74) is 2.50. The number of fused-ring (bicyclic) bond motifs is 1. The molecule has 1 amide bonds. The van der Waals surface area contributed by atoms with Crippen molar-refractivity contribution in [3.8, 4) is 11.5 Å². The Morgan fingerprint density at radius 1 is 1.09 bits per heavy atom. The fourth-order valence-corrected chi connectivity index (χ4v) is 4.54. The molecule has 3 aromatic rings. The summed E-state index contributed by atoms with van der Waals surface area (Å²) in [6.45, 7) is 4.77. The van der Waals surface area contributed by atoms with Crippen molar-refractivity contribution in [2.45, 2.75) is 37.7 Å². The molecule has 3 aromatic carbocycles. The third-order valence-electron chi connectivity index (χ3n) is 5.31. The molecule has 4 N–H and O–H groups in total. The third kappa shape index (κ3) is 6.63. The monoisotopic (exact) mass is 469 g/mol. The number of aryl methyl sites for hydroxylation is 2. The van der Waals surface area contributed by atoms with Gasteiger partial charge in [-0.25, -0.2) is 0 Å². The molecule has 1 atom stereocenters. The lowest BCUT2D eigenvalue weighted by Crippen LogP contribution is -2.25. The molecule has 0 heterocycles. The Balaban J connectivity index is 1.58. The highest BCUT2D eigenvalue weighted by Gasteiger charge is 2.18. The Morgan fingerprint density at radius 3 is 2.58 bits per heavy atom. The molecule has 0 spiro atoms. The van der Waals surface area contributed by atoms with Crippen LogP contribution in [0.3, 0.4) is 0 Å². The van der Waals surface area contributed by atoms with E-state index in [2.05, 4.69) is 11.4 Å². The number of nitrogens with one attached hydrogen (secondary N) is 1. The van der Waals surface area contributed by atoms with Crippen LogP contribution in [-0.2, 0) is 0 Å². The van der Waals surface area contributed by atoms with Gasteiger partial charge in [-0.1, -0.05) is 42.0 Å². The molecule has 7 heteroatoms. The molecule has 0 bridgehead atoms. The van der Waals surface area contributed by atoms with Crippen molar-refractivity contribution in [1.29, 1.82) is 0 Å². The van der Waals surface area contributed by atoms with Crippen LogP contribution in [0, 0.1) is 13.8 Å². The Hall–Kier alpha value is -2.74. The van der Waals surface area contributed by atoms with Gasteiger partial charge in [0.05, 0.1) is 24.9 Å². The predicted octanol–water partition coefficient (Wildman–Crippen LogP) is 4.20. The van der Waals surface area contributed by atoms with E-state index in [0.29, 0.717) is 18.5 Å². The van der Waals surface area contributed by atoms with E-state index >= 15 is 0 Å². The van der Waals surface area contributed by atoms with E-state index < -0.39 is 6.10 Å². The Bertz CT molecular complexity index is 1100. The van der Waals surface area contributed by atoms with Gasteiger partial charge in [0.15, 0.2) is 0 Å². The van der Waals surface area contributed by atoms with Gasteiger partial charge < -0.3 is 25.4 Å². The average Bonchev–Trinajstić information content (AvgIpc) is 2.81. The molecule has 0 saturated carbocycles. The highest BCUT2D eigenvalue weighted by molar-refractivity contribution is 7.99. The molecule has 6 nitrogen and oxygen atoms in total. The zero-order valence-electron chi connectivity index (χ0n) is 19.0. The van der Waals surface area contributed by atoms with Gasteiger partial charge in [0, 0.05) is 22.6 Å². The molecule has 0 aliphatic rings. The maximum absolute atomic E-state index is 12.8. The molecule has 0 aliphatic carbocycles. The quantitative estimate of drug-likeness (QED) is 0.248. The lowest BCUT2D eigenvalue weighted by atomic mass is 10.0. The second-order valence-corrected chi connectivity index (χ2v) is 9.11. The van der Waals surface area contributed by atoms with Crippen LogP contribution in [0.2, 0.25) is 0 Å². The number of aliphatic hydroxyl groups is 2. The van der Waals surface area contributed by atoms with Gasteiger partial charge in [0.2, 0.25) is 0 Å². The van der Waals surface area contributed by atoms with Crippen LogP contribution < -0.4 is 10.1 Å². The number of aliphatic hydroxyl groups excluding tert-OH is 2. The minimum Gasteiger partial charge on any atom is -0.506 e. The van der Waals surface area contributed by atoms with Gasteiger partial charge in [-0.15, -0.1) is 11.8 Å². The van der Waals surface area contributed by atoms with Crippen molar-refractivity contribution in [2.75, 3.05) is 25.5 Å². The standard InChI is InChI=1S/C26H31NO5S/c1-17-9-10-23(18(2)13-17)32-12-6-5-11-27-26(31)22-14-24(33-16-19(29)15-28)20-7-3-4-8-21(20)25(22)30/h3-4,7-10,13-14,19,28-30H,5-6,11-12,15-16H2,1-2H3,(H,27,31). The SMILES string of the molecule is Cc1ccc(OCCCCNC(=O)c2cc(SCC(O)CO)c3ccccc3c2O)c(C)c1. The summed E-state index contributed by atoms with van der Waals surface area (Å²) in [7, 11) is 0. The molecule has 176 valence electrons. The highest BCUT2D eigenvalue weighted by atomic mass is 32.2. The number of phenolic OH excluding ortho intramolecular Hbond substituents is 1. The first-order valence-electron chi connectivity index (χ1n) is 11.1. The summed E-state index contributed by atoms with van der Waals surface area (Å²) in [6, 6.07) is 15.0. The van der Waals surface area contributed by atoms with Gasteiger partial charge >= 0.3 is 0 Å². The molecule has 0 fully saturated rings. The second-order valence-electron chi connectivity index (χ2n) is 8.04. The van der Waals surface area contributed by atoms with E-state index in [1.165, 1.54) is 17.3 Å². The van der Waals surface area contributed by atoms with Gasteiger partial charge in [-0.3, -0.25) is 4.79 Å². The first-order valence-corrected chi connectivity index (χ1v) is 12.0. The normalized spacial score (nSPS) is 12.0. The first-order chi connectivity index (χ1) is 15.9. The van der Waals surface area contributed by atoms with Crippen molar-refractivity contribution in [2.24, 2.45) is 0 Å². The van der Waals surface area contributed by atoms with Crippen LogP contribution in [0.5, 0.6) is 11.5 Å². The number of rotatable bonds is 11. The Kier molecular flexibility index (Phi) is 9.00. The van der Waals surface area contributed by atoms with Gasteiger partial charge in [-0.05, 0) is 49.8 Å². The molecule has 1 unspecified atom stereocenters. The number of benzene rings is 3. The van der Waals surface area contributed by atoms with E-state index in [1.54, 1.807) is 18.2 Å². The lowest BCUT2D eigenvalue weighted by molar-refractivity contribution is 0.0949. The molecule has 0 saturated heterocycles. The maximum Gasteiger partial charge on any atom is 0.255 e. The number of thioether (sulfide) groups is 1. The number of unbranched alkanes of at least 4 members (excludes halogenated alkanes) is 1. The molecule has 0 radical (unpaired) electrons. The van der Waals surface area contributed by atoms with E-state index in [9.17, 15) is 15.0 Å². The van der Waals surface area contributed by atoms with E-state index in [0.717, 1.165) is 34.4 Å². The van der Waals surface area contributed by atoms with Gasteiger partial charge in [0.25, 0.3) is 5.91 Å². The van der Waals surface area contributed by atoms with Crippen molar-refractivity contribution in [1.82, 2.24) is 5.32 Å². The van der Waals surface area contributed by atoms with Crippen LogP contribution in [-0.4, -0.2) is 52.8 Å². The number of ether oxygens (including phenoxy) is 1. The van der Waals surface area contributed by atoms with Crippen LogP contribution in [0.4, 0.5) is 0 Å². The smallest absolute Gasteiger partial charge is 0.255 e. The van der Waals surface area contributed by atoms with Crippen molar-refractivity contribution in [3.05, 3.63) is 65.2 Å². The highest BCUT2D eigenvalue weighted by Crippen LogP contribution is 2.36. The lowest BCUT2D eigenvalue weighted by Gasteiger charge is -2.14. The minimum absolute atomic E-state index is 0.0617. The third-order valence-corrected chi connectivity index (χ3v) is 6.51. The van der Waals surface area contributed by atoms with Gasteiger partial charge in [-0.2, -0.15) is 0 Å². The number of hydrogen-bond donors (Lipinski definition) is 4. The summed E-state index contributed by atoms with van der Waals surface area (Å²) >= 11 is 1.34. The summed E-state index contributed by atoms with van der Waals surface area (Å²) in [5.74, 6) is 0.751. The topological polar surface area (TPSA) is 99.0 Å². The average molecular weight is 470 g/mol. The Morgan fingerprint density at radius 2 is 1.85 bits per heavy atom. The summed E-state index contributed by atoms with van der Waals surface area (Å²) in [4.78, 5) is 13.6. The minimum atomic E-state index is -0.856. The predicted molar refractivity (Wildman–Crippen MR) is 132 cm³/mol. The van der Waals surface area contributed by atoms with Crippen molar-refractivity contribution in [3.63, 3.8) is 0 Å². The zero-order chi connectivity index (χ0) is 23.8. The summed E-state index contributed by atoms with van der Waals surface area (Å²) < 4.78 is 5.83. The van der Waals surface area contributed by atoms with Crippen molar-refractivity contribution < 1.29 is 24.9 Å². The number of amides is 1. The maximum atomic E-state index is 12.8. The number of hydrogen-bond acceptors (Lipinski definition) is 6. The Labute approximate surface area is 198 Å². The van der Waals surface area contributed by atoms with E-state index in [-0.39, 0.29) is 29.6 Å². The van der Waals surface area contributed by atoms with E-state index in [4.69, 9.17) is 9.84 Å². The van der Waals surface area contributed by atoms with Crippen LogP contribution in [0.1, 0.15) is 34.3 Å². The number of carbonyl (C=O) groups is 1. The number of aromatic hydroxyl groups is 1. The molecule has 0 aliphatic heterocycles. The van der Waals surface area contributed by atoms with Gasteiger partial charge in [0.1, 0.15) is 11.5 Å². The molecule has 0 aromatic heterocycles.